The molecule has 1 aromatic carbocycles. The van der Waals surface area contributed by atoms with Gasteiger partial charge in [0, 0.05) is 0 Å². The van der Waals surface area contributed by atoms with Crippen molar-refractivity contribution in [3.63, 3.8) is 0 Å². The molecule has 1 rings (SSSR count). The Kier molecular flexibility index (Phi) is 4.11. The summed E-state index contributed by atoms with van der Waals surface area (Å²) in [5.74, 6) is -0.000924. The van der Waals surface area contributed by atoms with E-state index in [1.54, 1.807) is 13.2 Å². The number of carboxylic acid groups (broad SMARTS) is 1. The highest BCUT2D eigenvalue weighted by molar-refractivity contribution is 5.74. The van der Waals surface area contributed by atoms with E-state index in [1.165, 1.54) is 0 Å². The lowest BCUT2D eigenvalue weighted by Gasteiger charge is -2.07. The zero-order valence-corrected chi connectivity index (χ0v) is 9.78. The van der Waals surface area contributed by atoms with Crippen molar-refractivity contribution in [3.05, 3.63) is 35.4 Å². The summed E-state index contributed by atoms with van der Waals surface area (Å²) in [6.45, 7) is 3.87. The number of carboxylic acids is 1. The molecule has 0 aliphatic carbocycles. The van der Waals surface area contributed by atoms with Crippen LogP contribution in [0.3, 0.4) is 0 Å². The maximum absolute atomic E-state index is 10.4. The Morgan fingerprint density at radius 2 is 2.19 bits per heavy atom. The van der Waals surface area contributed by atoms with Gasteiger partial charge < -0.3 is 9.84 Å². The minimum absolute atomic E-state index is 0.0437. The van der Waals surface area contributed by atoms with E-state index in [1.807, 2.05) is 32.0 Å². The minimum atomic E-state index is -0.821. The van der Waals surface area contributed by atoms with Crippen LogP contribution in [0.5, 0.6) is 5.75 Å². The predicted octanol–water partition coefficient (Wildman–Crippen LogP) is 2.88. The minimum Gasteiger partial charge on any atom is -0.496 e. The average molecular weight is 220 g/mol. The second-order valence-electron chi connectivity index (χ2n) is 3.67. The summed E-state index contributed by atoms with van der Waals surface area (Å²) < 4.78 is 5.22. The third-order valence-corrected chi connectivity index (χ3v) is 2.45. The number of aryl methyl sites for hydroxylation is 1. The smallest absolute Gasteiger partial charge is 0.307 e. The molecule has 16 heavy (non-hydrogen) atoms. The monoisotopic (exact) mass is 220 g/mol. The first-order chi connectivity index (χ1) is 7.54. The maximum Gasteiger partial charge on any atom is 0.307 e. The standard InChI is InChI=1S/C13H16O3/c1-9(5-7-13(14)15)11-6-4-10(2)12(8-11)16-3/h4-6,8H,7H2,1-3H3,(H,14,15)/b9-5+. The largest absolute Gasteiger partial charge is 0.496 e. The van der Waals surface area contributed by atoms with Crippen LogP contribution in [0.1, 0.15) is 24.5 Å². The number of carbonyl (C=O) groups is 1. The lowest BCUT2D eigenvalue weighted by Crippen LogP contribution is -1.92. The molecule has 0 saturated heterocycles. The molecule has 0 atom stereocenters. The fourth-order valence-electron chi connectivity index (χ4n) is 1.42. The summed E-state index contributed by atoms with van der Waals surface area (Å²) in [4.78, 5) is 10.4. The van der Waals surface area contributed by atoms with E-state index >= 15 is 0 Å². The van der Waals surface area contributed by atoms with E-state index in [-0.39, 0.29) is 6.42 Å². The molecule has 86 valence electrons. The molecule has 0 aliphatic heterocycles. The van der Waals surface area contributed by atoms with Crippen molar-refractivity contribution in [2.24, 2.45) is 0 Å². The molecule has 0 bridgehead atoms. The van der Waals surface area contributed by atoms with Crippen molar-refractivity contribution >= 4 is 11.5 Å². The molecular formula is C13H16O3. The van der Waals surface area contributed by atoms with Gasteiger partial charge in [-0.15, -0.1) is 0 Å². The zero-order valence-electron chi connectivity index (χ0n) is 9.78. The summed E-state index contributed by atoms with van der Waals surface area (Å²) >= 11 is 0. The van der Waals surface area contributed by atoms with Crippen LogP contribution in [0.25, 0.3) is 5.57 Å². The number of rotatable bonds is 4. The molecule has 0 amide bonds. The summed E-state index contributed by atoms with van der Waals surface area (Å²) in [7, 11) is 1.63. The van der Waals surface area contributed by atoms with Gasteiger partial charge in [-0.25, -0.2) is 0 Å². The Morgan fingerprint density at radius 1 is 1.50 bits per heavy atom. The molecule has 0 spiro atoms. The maximum atomic E-state index is 10.4. The summed E-state index contributed by atoms with van der Waals surface area (Å²) in [6, 6.07) is 5.85. The molecule has 0 fully saturated rings. The second kappa shape index (κ2) is 5.35. The van der Waals surface area contributed by atoms with Crippen LogP contribution in [0.2, 0.25) is 0 Å². The summed E-state index contributed by atoms with van der Waals surface area (Å²) in [6.07, 6.45) is 1.74. The third-order valence-electron chi connectivity index (χ3n) is 2.45. The quantitative estimate of drug-likeness (QED) is 0.848. The Labute approximate surface area is 95.4 Å². The van der Waals surface area contributed by atoms with Gasteiger partial charge in [0.15, 0.2) is 0 Å². The van der Waals surface area contributed by atoms with Gasteiger partial charge in [-0.1, -0.05) is 18.2 Å². The fraction of sp³-hybridized carbons (Fsp3) is 0.308. The van der Waals surface area contributed by atoms with Gasteiger partial charge in [0.1, 0.15) is 5.75 Å². The number of methoxy groups -OCH3 is 1. The van der Waals surface area contributed by atoms with Crippen LogP contribution >= 0.6 is 0 Å². The molecule has 0 unspecified atom stereocenters. The number of ether oxygens (including phenoxy) is 1. The van der Waals surface area contributed by atoms with Gasteiger partial charge in [0.05, 0.1) is 13.5 Å². The molecule has 0 aliphatic rings. The van der Waals surface area contributed by atoms with Gasteiger partial charge in [0.25, 0.3) is 0 Å². The number of allylic oxidation sites excluding steroid dienone is 1. The lowest BCUT2D eigenvalue weighted by molar-refractivity contribution is -0.135. The molecule has 3 nitrogen and oxygen atoms in total. The van der Waals surface area contributed by atoms with E-state index in [0.29, 0.717) is 0 Å². The Balaban J connectivity index is 2.95. The number of hydrogen-bond donors (Lipinski definition) is 1. The Hall–Kier alpha value is -1.77. The zero-order chi connectivity index (χ0) is 12.1. The van der Waals surface area contributed by atoms with E-state index < -0.39 is 5.97 Å². The van der Waals surface area contributed by atoms with E-state index in [4.69, 9.17) is 9.84 Å². The molecule has 1 aromatic rings. The normalized spacial score (nSPS) is 11.3. The van der Waals surface area contributed by atoms with Crippen molar-refractivity contribution in [1.29, 1.82) is 0 Å². The van der Waals surface area contributed by atoms with Crippen LogP contribution in [0, 0.1) is 6.92 Å². The summed E-state index contributed by atoms with van der Waals surface area (Å²) in [5, 5.41) is 8.58. The van der Waals surface area contributed by atoms with E-state index in [0.717, 1.165) is 22.4 Å². The van der Waals surface area contributed by atoms with Gasteiger partial charge >= 0.3 is 5.97 Å². The van der Waals surface area contributed by atoms with Crippen molar-refractivity contribution in [2.75, 3.05) is 7.11 Å². The third kappa shape index (κ3) is 3.12. The highest BCUT2D eigenvalue weighted by atomic mass is 16.5. The van der Waals surface area contributed by atoms with Gasteiger partial charge in [0.2, 0.25) is 0 Å². The lowest BCUT2D eigenvalue weighted by atomic mass is 10.0. The first kappa shape index (κ1) is 12.3. The van der Waals surface area contributed by atoms with Crippen molar-refractivity contribution in [2.45, 2.75) is 20.3 Å². The molecule has 0 heterocycles. The van der Waals surface area contributed by atoms with Crippen LogP contribution < -0.4 is 4.74 Å². The van der Waals surface area contributed by atoms with Crippen LogP contribution in [-0.4, -0.2) is 18.2 Å². The molecule has 3 heteroatoms. The first-order valence-electron chi connectivity index (χ1n) is 5.08. The predicted molar refractivity (Wildman–Crippen MR) is 63.6 cm³/mol. The highest BCUT2D eigenvalue weighted by Crippen LogP contribution is 2.23. The van der Waals surface area contributed by atoms with E-state index in [9.17, 15) is 4.79 Å². The molecule has 0 aromatic heterocycles. The van der Waals surface area contributed by atoms with Gasteiger partial charge in [-0.3, -0.25) is 4.79 Å². The van der Waals surface area contributed by atoms with Crippen molar-refractivity contribution in [3.8, 4) is 5.75 Å². The first-order valence-corrected chi connectivity index (χ1v) is 5.08. The van der Waals surface area contributed by atoms with Crippen molar-refractivity contribution in [1.82, 2.24) is 0 Å². The molecule has 1 N–H and O–H groups in total. The summed E-state index contributed by atoms with van der Waals surface area (Å²) in [5.41, 5.74) is 3.00. The second-order valence-corrected chi connectivity index (χ2v) is 3.67. The molecule has 0 saturated carbocycles. The Bertz CT molecular complexity index is 419. The molecular weight excluding hydrogens is 204 g/mol. The topological polar surface area (TPSA) is 46.5 Å². The fourth-order valence-corrected chi connectivity index (χ4v) is 1.42. The highest BCUT2D eigenvalue weighted by Gasteiger charge is 2.02. The van der Waals surface area contributed by atoms with Crippen LogP contribution in [0.4, 0.5) is 0 Å². The molecule has 0 radical (unpaired) electrons. The number of aliphatic carboxylic acids is 1. The van der Waals surface area contributed by atoms with Crippen molar-refractivity contribution < 1.29 is 14.6 Å². The number of hydrogen-bond acceptors (Lipinski definition) is 2. The average Bonchev–Trinajstić information content (AvgIpc) is 2.26. The van der Waals surface area contributed by atoms with Gasteiger partial charge in [-0.05, 0) is 36.6 Å². The number of benzene rings is 1. The van der Waals surface area contributed by atoms with Gasteiger partial charge in [-0.2, -0.15) is 0 Å². The van der Waals surface area contributed by atoms with Crippen LogP contribution in [0.15, 0.2) is 24.3 Å². The SMILES string of the molecule is COc1cc(/C(C)=C/CC(=O)O)ccc1C. The van der Waals surface area contributed by atoms with E-state index in [2.05, 4.69) is 0 Å². The Morgan fingerprint density at radius 3 is 2.75 bits per heavy atom. The van der Waals surface area contributed by atoms with Crippen LogP contribution in [-0.2, 0) is 4.79 Å².